The number of benzene rings is 1. The third-order valence-corrected chi connectivity index (χ3v) is 2.83. The quantitative estimate of drug-likeness (QED) is 0.860. The maximum absolute atomic E-state index is 9.96. The molecule has 1 atom stereocenters. The van der Waals surface area contributed by atoms with Crippen LogP contribution in [0.3, 0.4) is 0 Å². The fourth-order valence-corrected chi connectivity index (χ4v) is 1.80. The number of para-hydroxylation sites is 2. The van der Waals surface area contributed by atoms with Crippen molar-refractivity contribution >= 4 is 0 Å². The Labute approximate surface area is 112 Å². The Balaban J connectivity index is 1.90. The van der Waals surface area contributed by atoms with Gasteiger partial charge >= 0.3 is 0 Å². The molecule has 0 spiro atoms. The Bertz CT molecular complexity index is 525. The molecular weight excluding hydrogens is 244 g/mol. The van der Waals surface area contributed by atoms with Crippen molar-refractivity contribution in [3.05, 3.63) is 42.5 Å². The molecule has 0 fully saturated rings. The van der Waals surface area contributed by atoms with Crippen molar-refractivity contribution in [3.63, 3.8) is 0 Å². The normalized spacial score (nSPS) is 12.2. The minimum Gasteiger partial charge on any atom is -0.493 e. The molecule has 102 valence electrons. The zero-order valence-electron chi connectivity index (χ0n) is 11.1. The van der Waals surface area contributed by atoms with Gasteiger partial charge in [0.15, 0.2) is 11.5 Å². The van der Waals surface area contributed by atoms with E-state index < -0.39 is 6.10 Å². The van der Waals surface area contributed by atoms with Crippen LogP contribution in [0.15, 0.2) is 36.7 Å². The van der Waals surface area contributed by atoms with Crippen molar-refractivity contribution in [2.75, 3.05) is 13.7 Å². The molecule has 19 heavy (non-hydrogen) atoms. The molecule has 2 aromatic rings. The Hall–Kier alpha value is -2.01. The molecule has 2 rings (SSSR count). The lowest BCUT2D eigenvalue weighted by atomic mass is 10.3. The van der Waals surface area contributed by atoms with E-state index in [9.17, 15) is 5.11 Å². The monoisotopic (exact) mass is 262 g/mol. The summed E-state index contributed by atoms with van der Waals surface area (Å²) >= 11 is 0. The number of hydrogen-bond donors (Lipinski definition) is 1. The van der Waals surface area contributed by atoms with Gasteiger partial charge in [0.25, 0.3) is 0 Å². The first-order chi connectivity index (χ1) is 9.20. The summed E-state index contributed by atoms with van der Waals surface area (Å²) in [4.78, 5) is 4.11. The van der Waals surface area contributed by atoms with Crippen LogP contribution in [0.2, 0.25) is 0 Å². The van der Waals surface area contributed by atoms with E-state index in [1.165, 1.54) is 0 Å². The lowest BCUT2D eigenvalue weighted by Crippen LogP contribution is -2.24. The summed E-state index contributed by atoms with van der Waals surface area (Å²) in [6.45, 7) is 2.56. The van der Waals surface area contributed by atoms with Gasteiger partial charge in [0, 0.05) is 12.4 Å². The van der Waals surface area contributed by atoms with Crippen molar-refractivity contribution in [2.24, 2.45) is 0 Å². The summed E-state index contributed by atoms with van der Waals surface area (Å²) in [5.74, 6) is 2.16. The van der Waals surface area contributed by atoms with Gasteiger partial charge in [-0.2, -0.15) is 0 Å². The van der Waals surface area contributed by atoms with Gasteiger partial charge in [-0.1, -0.05) is 12.1 Å². The van der Waals surface area contributed by atoms with E-state index >= 15 is 0 Å². The Kier molecular flexibility index (Phi) is 4.41. The third-order valence-electron chi connectivity index (χ3n) is 2.83. The van der Waals surface area contributed by atoms with Gasteiger partial charge in [-0.05, 0) is 19.1 Å². The van der Waals surface area contributed by atoms with E-state index in [-0.39, 0.29) is 6.61 Å². The van der Waals surface area contributed by atoms with Crippen molar-refractivity contribution < 1.29 is 14.6 Å². The van der Waals surface area contributed by atoms with Crippen LogP contribution >= 0.6 is 0 Å². The SMILES string of the molecule is COc1ccccc1OC[C@@H](O)Cn1ccnc1C. The molecule has 0 bridgehead atoms. The highest BCUT2D eigenvalue weighted by atomic mass is 16.5. The maximum atomic E-state index is 9.96. The van der Waals surface area contributed by atoms with Crippen LogP contribution in [0.25, 0.3) is 0 Å². The molecule has 1 aromatic carbocycles. The number of hydrogen-bond acceptors (Lipinski definition) is 4. The summed E-state index contributed by atoms with van der Waals surface area (Å²) in [5.41, 5.74) is 0. The largest absolute Gasteiger partial charge is 0.493 e. The minimum atomic E-state index is -0.599. The third kappa shape index (κ3) is 3.48. The topological polar surface area (TPSA) is 56.5 Å². The molecule has 0 saturated heterocycles. The molecule has 5 nitrogen and oxygen atoms in total. The molecule has 5 heteroatoms. The number of nitrogens with zero attached hydrogens (tertiary/aromatic N) is 2. The van der Waals surface area contributed by atoms with Gasteiger partial charge < -0.3 is 19.1 Å². The van der Waals surface area contributed by atoms with Gasteiger partial charge in [0.05, 0.1) is 13.7 Å². The van der Waals surface area contributed by atoms with Crippen molar-refractivity contribution in [3.8, 4) is 11.5 Å². The summed E-state index contributed by atoms with van der Waals surface area (Å²) < 4.78 is 12.6. The zero-order valence-corrected chi connectivity index (χ0v) is 11.1. The first kappa shape index (κ1) is 13.4. The van der Waals surface area contributed by atoms with Crippen molar-refractivity contribution in [1.29, 1.82) is 0 Å². The highest BCUT2D eigenvalue weighted by Crippen LogP contribution is 2.25. The van der Waals surface area contributed by atoms with E-state index in [0.29, 0.717) is 18.0 Å². The number of imidazole rings is 1. The first-order valence-electron chi connectivity index (χ1n) is 6.12. The number of aliphatic hydroxyl groups is 1. The molecule has 0 unspecified atom stereocenters. The van der Waals surface area contributed by atoms with Crippen LogP contribution in [-0.2, 0) is 6.54 Å². The van der Waals surface area contributed by atoms with E-state index in [1.54, 1.807) is 13.3 Å². The second-order valence-electron chi connectivity index (χ2n) is 4.24. The highest BCUT2D eigenvalue weighted by Gasteiger charge is 2.10. The number of rotatable bonds is 6. The summed E-state index contributed by atoms with van der Waals surface area (Å²) in [6.07, 6.45) is 2.95. The number of aromatic nitrogens is 2. The van der Waals surface area contributed by atoms with Gasteiger partial charge in [-0.25, -0.2) is 4.98 Å². The summed E-state index contributed by atoms with van der Waals surface area (Å²) in [7, 11) is 1.59. The van der Waals surface area contributed by atoms with Crippen LogP contribution in [-0.4, -0.2) is 34.5 Å². The zero-order chi connectivity index (χ0) is 13.7. The maximum Gasteiger partial charge on any atom is 0.161 e. The lowest BCUT2D eigenvalue weighted by Gasteiger charge is -2.15. The van der Waals surface area contributed by atoms with E-state index in [1.807, 2.05) is 42.0 Å². The minimum absolute atomic E-state index is 0.206. The molecule has 0 aliphatic carbocycles. The molecule has 0 amide bonds. The van der Waals surface area contributed by atoms with Gasteiger partial charge in [0.2, 0.25) is 0 Å². The molecule has 0 aliphatic rings. The smallest absolute Gasteiger partial charge is 0.161 e. The van der Waals surface area contributed by atoms with Crippen molar-refractivity contribution in [1.82, 2.24) is 9.55 Å². The fraction of sp³-hybridized carbons (Fsp3) is 0.357. The van der Waals surface area contributed by atoms with Crippen molar-refractivity contribution in [2.45, 2.75) is 19.6 Å². The van der Waals surface area contributed by atoms with Gasteiger partial charge in [0.1, 0.15) is 18.5 Å². The van der Waals surface area contributed by atoms with Crippen LogP contribution < -0.4 is 9.47 Å². The Morgan fingerprint density at radius 2 is 2.05 bits per heavy atom. The molecule has 1 N–H and O–H groups in total. The molecule has 0 saturated carbocycles. The summed E-state index contributed by atoms with van der Waals surface area (Å²) in [5, 5.41) is 9.96. The molecular formula is C14H18N2O3. The van der Waals surface area contributed by atoms with Crippen LogP contribution in [0.4, 0.5) is 0 Å². The number of ether oxygens (including phenoxy) is 2. The first-order valence-corrected chi connectivity index (χ1v) is 6.12. The predicted molar refractivity (Wildman–Crippen MR) is 71.5 cm³/mol. The molecule has 0 aliphatic heterocycles. The number of methoxy groups -OCH3 is 1. The predicted octanol–water partition coefficient (Wildman–Crippen LogP) is 1.64. The standard InChI is InChI=1S/C14H18N2O3/c1-11-15-7-8-16(11)9-12(17)10-19-14-6-4-3-5-13(14)18-2/h3-8,12,17H,9-10H2,1-2H3/t12-/m0/s1. The lowest BCUT2D eigenvalue weighted by molar-refractivity contribution is 0.0905. The number of aryl methyl sites for hydroxylation is 1. The van der Waals surface area contributed by atoms with Gasteiger partial charge in [-0.3, -0.25) is 0 Å². The second-order valence-corrected chi connectivity index (χ2v) is 4.24. The molecule has 0 radical (unpaired) electrons. The number of aliphatic hydroxyl groups excluding tert-OH is 1. The van der Waals surface area contributed by atoms with Crippen LogP contribution in [0.1, 0.15) is 5.82 Å². The highest BCUT2D eigenvalue weighted by molar-refractivity contribution is 5.39. The average molecular weight is 262 g/mol. The Morgan fingerprint density at radius 3 is 2.68 bits per heavy atom. The average Bonchev–Trinajstić information content (AvgIpc) is 2.82. The van der Waals surface area contributed by atoms with Crippen LogP contribution in [0, 0.1) is 6.92 Å². The fourth-order valence-electron chi connectivity index (χ4n) is 1.80. The van der Waals surface area contributed by atoms with Crippen LogP contribution in [0.5, 0.6) is 11.5 Å². The van der Waals surface area contributed by atoms with E-state index in [2.05, 4.69) is 4.98 Å². The van der Waals surface area contributed by atoms with E-state index in [4.69, 9.17) is 9.47 Å². The van der Waals surface area contributed by atoms with Gasteiger partial charge in [-0.15, -0.1) is 0 Å². The Morgan fingerprint density at radius 1 is 1.32 bits per heavy atom. The molecule has 1 heterocycles. The summed E-state index contributed by atoms with van der Waals surface area (Å²) in [6, 6.07) is 7.37. The van der Waals surface area contributed by atoms with E-state index in [0.717, 1.165) is 5.82 Å². The molecule has 1 aromatic heterocycles. The second kappa shape index (κ2) is 6.24.